The lowest BCUT2D eigenvalue weighted by Gasteiger charge is -2.30. The average molecular weight is 240 g/mol. The molecule has 0 aromatic rings. The molecule has 4 heteroatoms. The number of rotatable bonds is 2. The van der Waals surface area contributed by atoms with E-state index in [4.69, 9.17) is 4.74 Å². The van der Waals surface area contributed by atoms with Crippen molar-refractivity contribution in [3.8, 4) is 0 Å². The van der Waals surface area contributed by atoms with Crippen molar-refractivity contribution in [1.82, 2.24) is 9.80 Å². The zero-order chi connectivity index (χ0) is 11.9. The molecule has 0 aromatic heterocycles. The van der Waals surface area contributed by atoms with E-state index >= 15 is 0 Å². The fourth-order valence-corrected chi connectivity index (χ4v) is 2.58. The van der Waals surface area contributed by atoms with Crippen LogP contribution in [0.5, 0.6) is 0 Å². The third kappa shape index (κ3) is 4.28. The molecule has 0 atom stereocenters. The van der Waals surface area contributed by atoms with Crippen LogP contribution in [0.15, 0.2) is 0 Å². The van der Waals surface area contributed by atoms with E-state index in [2.05, 4.69) is 4.90 Å². The average Bonchev–Trinajstić information content (AvgIpc) is 2.33. The van der Waals surface area contributed by atoms with Gasteiger partial charge in [0.25, 0.3) is 0 Å². The first kappa shape index (κ1) is 12.8. The van der Waals surface area contributed by atoms with Crippen LogP contribution in [0.25, 0.3) is 0 Å². The van der Waals surface area contributed by atoms with Crippen LogP contribution in [-0.2, 0) is 9.53 Å². The highest BCUT2D eigenvalue weighted by Crippen LogP contribution is 2.10. The van der Waals surface area contributed by atoms with Gasteiger partial charge in [0.2, 0.25) is 5.91 Å². The van der Waals surface area contributed by atoms with E-state index in [-0.39, 0.29) is 5.91 Å². The van der Waals surface area contributed by atoms with Crippen LogP contribution >= 0.6 is 0 Å². The predicted molar refractivity (Wildman–Crippen MR) is 66.9 cm³/mol. The van der Waals surface area contributed by atoms with Gasteiger partial charge in [0.1, 0.15) is 0 Å². The zero-order valence-electron chi connectivity index (χ0n) is 10.7. The maximum Gasteiger partial charge on any atom is 0.236 e. The molecule has 2 heterocycles. The first-order valence-electron chi connectivity index (χ1n) is 6.94. The normalized spacial score (nSPS) is 24.1. The lowest BCUT2D eigenvalue weighted by atomic mass is 10.1. The molecule has 0 aliphatic carbocycles. The number of carbonyl (C=O) groups is 1. The number of nitrogens with zero attached hydrogens (tertiary/aromatic N) is 2. The minimum atomic E-state index is 0.286. The Morgan fingerprint density at radius 3 is 2.12 bits per heavy atom. The van der Waals surface area contributed by atoms with Crippen molar-refractivity contribution in [2.75, 3.05) is 45.9 Å². The van der Waals surface area contributed by atoms with Gasteiger partial charge >= 0.3 is 0 Å². The lowest BCUT2D eigenvalue weighted by molar-refractivity contribution is -0.136. The number of morpholine rings is 1. The van der Waals surface area contributed by atoms with Gasteiger partial charge in [-0.05, 0) is 25.9 Å². The molecule has 0 unspecified atom stereocenters. The molecule has 2 rings (SSSR count). The van der Waals surface area contributed by atoms with Crippen molar-refractivity contribution in [3.63, 3.8) is 0 Å². The first-order valence-corrected chi connectivity index (χ1v) is 6.94. The minimum Gasteiger partial charge on any atom is -0.378 e. The quantitative estimate of drug-likeness (QED) is 0.725. The summed E-state index contributed by atoms with van der Waals surface area (Å²) in [5.74, 6) is 0.286. The number of likely N-dealkylation sites (tertiary alicyclic amines) is 1. The molecule has 2 aliphatic rings. The highest BCUT2D eigenvalue weighted by atomic mass is 16.5. The Bertz CT molecular complexity index is 232. The highest BCUT2D eigenvalue weighted by Gasteiger charge is 2.19. The second-order valence-electron chi connectivity index (χ2n) is 5.04. The Balaban J connectivity index is 1.75. The number of hydrogen-bond acceptors (Lipinski definition) is 3. The van der Waals surface area contributed by atoms with Crippen LogP contribution in [-0.4, -0.2) is 61.6 Å². The molecule has 0 spiro atoms. The summed E-state index contributed by atoms with van der Waals surface area (Å²) in [7, 11) is 0. The monoisotopic (exact) mass is 240 g/mol. The summed E-state index contributed by atoms with van der Waals surface area (Å²) >= 11 is 0. The van der Waals surface area contributed by atoms with Crippen molar-refractivity contribution < 1.29 is 9.53 Å². The number of amides is 1. The summed E-state index contributed by atoms with van der Waals surface area (Å²) in [6, 6.07) is 0. The molecule has 0 bridgehead atoms. The topological polar surface area (TPSA) is 32.8 Å². The third-order valence-corrected chi connectivity index (χ3v) is 3.67. The van der Waals surface area contributed by atoms with Crippen molar-refractivity contribution in [3.05, 3.63) is 0 Å². The van der Waals surface area contributed by atoms with Gasteiger partial charge in [-0.15, -0.1) is 0 Å². The summed E-state index contributed by atoms with van der Waals surface area (Å²) in [6.07, 6.45) is 6.50. The number of hydrogen-bond donors (Lipinski definition) is 0. The summed E-state index contributed by atoms with van der Waals surface area (Å²) in [5, 5.41) is 0. The summed E-state index contributed by atoms with van der Waals surface area (Å²) in [4.78, 5) is 16.4. The van der Waals surface area contributed by atoms with E-state index in [1.54, 1.807) is 0 Å². The van der Waals surface area contributed by atoms with Crippen molar-refractivity contribution in [2.45, 2.75) is 32.1 Å². The van der Waals surface area contributed by atoms with Gasteiger partial charge in [0.15, 0.2) is 0 Å². The third-order valence-electron chi connectivity index (χ3n) is 3.67. The smallest absolute Gasteiger partial charge is 0.236 e. The maximum atomic E-state index is 12.1. The molecule has 98 valence electrons. The van der Waals surface area contributed by atoms with Crippen LogP contribution in [0, 0.1) is 0 Å². The van der Waals surface area contributed by atoms with Gasteiger partial charge in [-0.3, -0.25) is 9.69 Å². The molecule has 0 N–H and O–H groups in total. The minimum absolute atomic E-state index is 0.286. The molecule has 0 aromatic carbocycles. The molecular weight excluding hydrogens is 216 g/mol. The van der Waals surface area contributed by atoms with Crippen LogP contribution in [0.1, 0.15) is 32.1 Å². The van der Waals surface area contributed by atoms with E-state index in [1.165, 1.54) is 32.1 Å². The van der Waals surface area contributed by atoms with Crippen LogP contribution < -0.4 is 0 Å². The molecule has 0 radical (unpaired) electrons. The zero-order valence-corrected chi connectivity index (χ0v) is 10.7. The van der Waals surface area contributed by atoms with Crippen molar-refractivity contribution in [1.29, 1.82) is 0 Å². The Morgan fingerprint density at radius 1 is 0.882 bits per heavy atom. The van der Waals surface area contributed by atoms with E-state index in [0.717, 1.165) is 26.2 Å². The molecule has 0 saturated carbocycles. The van der Waals surface area contributed by atoms with E-state index < -0.39 is 0 Å². The maximum absolute atomic E-state index is 12.1. The SMILES string of the molecule is O=C(CN1CCCCCCC1)N1CCOCC1. The lowest BCUT2D eigenvalue weighted by Crippen LogP contribution is -2.46. The fraction of sp³-hybridized carbons (Fsp3) is 0.923. The Hall–Kier alpha value is -0.610. The first-order chi connectivity index (χ1) is 8.36. The van der Waals surface area contributed by atoms with Gasteiger partial charge in [-0.1, -0.05) is 19.3 Å². The predicted octanol–water partition coefficient (Wildman–Crippen LogP) is 1.11. The van der Waals surface area contributed by atoms with Crippen LogP contribution in [0.3, 0.4) is 0 Å². The second kappa shape index (κ2) is 6.97. The van der Waals surface area contributed by atoms with E-state index in [9.17, 15) is 4.79 Å². The highest BCUT2D eigenvalue weighted by molar-refractivity contribution is 5.78. The number of ether oxygens (including phenoxy) is 1. The van der Waals surface area contributed by atoms with Crippen molar-refractivity contribution in [2.24, 2.45) is 0 Å². The van der Waals surface area contributed by atoms with Gasteiger partial charge in [0.05, 0.1) is 19.8 Å². The van der Waals surface area contributed by atoms with Crippen molar-refractivity contribution >= 4 is 5.91 Å². The molecule has 2 saturated heterocycles. The van der Waals surface area contributed by atoms with E-state index in [1.807, 2.05) is 4.90 Å². The Morgan fingerprint density at radius 2 is 1.47 bits per heavy atom. The number of carbonyl (C=O) groups excluding carboxylic acids is 1. The standard InChI is InChI=1S/C13H24N2O2/c16-13(15-8-10-17-11-9-15)12-14-6-4-2-1-3-5-7-14/h1-12H2. The van der Waals surface area contributed by atoms with Gasteiger partial charge in [0, 0.05) is 13.1 Å². The molecule has 1 amide bonds. The Kier molecular flexibility index (Phi) is 5.26. The molecule has 4 nitrogen and oxygen atoms in total. The van der Waals surface area contributed by atoms with Gasteiger partial charge < -0.3 is 9.64 Å². The molecule has 2 fully saturated rings. The van der Waals surface area contributed by atoms with E-state index in [0.29, 0.717) is 19.8 Å². The molecular formula is C13H24N2O2. The summed E-state index contributed by atoms with van der Waals surface area (Å²) in [6.45, 7) is 5.74. The largest absolute Gasteiger partial charge is 0.378 e. The summed E-state index contributed by atoms with van der Waals surface area (Å²) in [5.41, 5.74) is 0. The van der Waals surface area contributed by atoms with Gasteiger partial charge in [-0.2, -0.15) is 0 Å². The van der Waals surface area contributed by atoms with Crippen LogP contribution in [0.4, 0.5) is 0 Å². The molecule has 17 heavy (non-hydrogen) atoms. The molecule has 2 aliphatic heterocycles. The van der Waals surface area contributed by atoms with Gasteiger partial charge in [-0.25, -0.2) is 0 Å². The summed E-state index contributed by atoms with van der Waals surface area (Å²) < 4.78 is 5.27. The Labute approximate surface area is 104 Å². The van der Waals surface area contributed by atoms with Crippen LogP contribution in [0.2, 0.25) is 0 Å². The second-order valence-corrected chi connectivity index (χ2v) is 5.04. The fourth-order valence-electron chi connectivity index (χ4n) is 2.58.